The first-order valence-electron chi connectivity index (χ1n) is 7.76. The van der Waals surface area contributed by atoms with E-state index in [1.54, 1.807) is 18.3 Å². The van der Waals surface area contributed by atoms with Crippen LogP contribution in [0.3, 0.4) is 0 Å². The van der Waals surface area contributed by atoms with E-state index in [4.69, 9.17) is 5.73 Å². The fraction of sp³-hybridized carbons (Fsp3) is 0.438. The van der Waals surface area contributed by atoms with Crippen molar-refractivity contribution in [2.45, 2.75) is 31.5 Å². The molecule has 0 saturated carbocycles. The van der Waals surface area contributed by atoms with Crippen molar-refractivity contribution in [1.82, 2.24) is 19.8 Å². The summed E-state index contributed by atoms with van der Waals surface area (Å²) in [4.78, 5) is 30.3. The van der Waals surface area contributed by atoms with E-state index >= 15 is 0 Å². The molecule has 1 aromatic carbocycles. The highest BCUT2D eigenvalue weighted by Crippen LogP contribution is 2.19. The molecule has 7 nitrogen and oxygen atoms in total. The summed E-state index contributed by atoms with van der Waals surface area (Å²) in [5.41, 5.74) is 7.83. The molecule has 1 aromatic heterocycles. The van der Waals surface area contributed by atoms with Crippen molar-refractivity contribution in [3.63, 3.8) is 0 Å². The third-order valence-corrected chi connectivity index (χ3v) is 4.30. The summed E-state index contributed by atoms with van der Waals surface area (Å²) in [6.07, 6.45) is 2.57. The number of hydrogen-bond acceptors (Lipinski definition) is 4. The highest BCUT2D eigenvalue weighted by Gasteiger charge is 2.37. The Bertz CT molecular complexity index is 726. The lowest BCUT2D eigenvalue weighted by atomic mass is 10.1. The topological polar surface area (TPSA) is 93.3 Å². The number of nitrogens with zero attached hydrogens (tertiary/aromatic N) is 3. The van der Waals surface area contributed by atoms with Crippen molar-refractivity contribution in [2.75, 3.05) is 13.6 Å². The van der Waals surface area contributed by atoms with Crippen LogP contribution in [0.25, 0.3) is 11.0 Å². The SMILES string of the molecule is CNC(=O)[C@@H]1C[C@H](N)CN1C(=O)CCn1cnc2ccccc21. The highest BCUT2D eigenvalue weighted by molar-refractivity contribution is 5.88. The minimum Gasteiger partial charge on any atom is -0.357 e. The number of amides is 2. The molecule has 2 aromatic rings. The molecular weight excluding hydrogens is 294 g/mol. The van der Waals surface area contributed by atoms with E-state index in [0.717, 1.165) is 11.0 Å². The van der Waals surface area contributed by atoms with Crippen molar-refractivity contribution in [3.05, 3.63) is 30.6 Å². The molecule has 2 heterocycles. The molecule has 2 amide bonds. The van der Waals surface area contributed by atoms with Crippen LogP contribution in [0.5, 0.6) is 0 Å². The van der Waals surface area contributed by atoms with Crippen LogP contribution in [0, 0.1) is 0 Å². The lowest BCUT2D eigenvalue weighted by Crippen LogP contribution is -2.45. The van der Waals surface area contributed by atoms with Gasteiger partial charge in [0.2, 0.25) is 11.8 Å². The molecule has 3 N–H and O–H groups in total. The molecule has 0 bridgehead atoms. The van der Waals surface area contributed by atoms with Gasteiger partial charge in [0.25, 0.3) is 0 Å². The summed E-state index contributed by atoms with van der Waals surface area (Å²) in [6, 6.07) is 7.20. The Balaban J connectivity index is 1.68. The van der Waals surface area contributed by atoms with Gasteiger partial charge in [-0.2, -0.15) is 0 Å². The molecule has 3 rings (SSSR count). The summed E-state index contributed by atoms with van der Waals surface area (Å²) in [5, 5.41) is 2.60. The van der Waals surface area contributed by atoms with Crippen molar-refractivity contribution >= 4 is 22.8 Å². The standard InChI is InChI=1S/C16H21N5O2/c1-18-16(23)14-8-11(17)9-21(14)15(22)6-7-20-10-19-12-4-2-3-5-13(12)20/h2-5,10-11,14H,6-9,17H2,1H3,(H,18,23)/t11-,14-/m0/s1. The zero-order chi connectivity index (χ0) is 16.4. The van der Waals surface area contributed by atoms with Crippen molar-refractivity contribution < 1.29 is 9.59 Å². The van der Waals surface area contributed by atoms with Crippen LogP contribution in [0.4, 0.5) is 0 Å². The fourth-order valence-electron chi connectivity index (χ4n) is 3.11. The van der Waals surface area contributed by atoms with E-state index < -0.39 is 6.04 Å². The Morgan fingerprint density at radius 2 is 2.17 bits per heavy atom. The Morgan fingerprint density at radius 1 is 1.39 bits per heavy atom. The predicted octanol–water partition coefficient (Wildman–Crippen LogP) is 0.101. The lowest BCUT2D eigenvalue weighted by Gasteiger charge is -2.23. The molecule has 23 heavy (non-hydrogen) atoms. The van der Waals surface area contributed by atoms with Gasteiger partial charge in [0.15, 0.2) is 0 Å². The first kappa shape index (κ1) is 15.5. The van der Waals surface area contributed by atoms with E-state index in [1.807, 2.05) is 28.8 Å². The van der Waals surface area contributed by atoms with Crippen molar-refractivity contribution in [1.29, 1.82) is 0 Å². The molecule has 1 aliphatic heterocycles. The van der Waals surface area contributed by atoms with Gasteiger partial charge in [-0.05, 0) is 18.6 Å². The molecule has 0 radical (unpaired) electrons. The molecule has 0 spiro atoms. The number of carbonyl (C=O) groups excluding carboxylic acids is 2. The maximum Gasteiger partial charge on any atom is 0.242 e. The zero-order valence-corrected chi connectivity index (χ0v) is 13.1. The van der Waals surface area contributed by atoms with E-state index in [9.17, 15) is 9.59 Å². The number of nitrogens with two attached hydrogens (primary N) is 1. The summed E-state index contributed by atoms with van der Waals surface area (Å²) in [6.45, 7) is 0.965. The third-order valence-electron chi connectivity index (χ3n) is 4.30. The number of likely N-dealkylation sites (N-methyl/N-ethyl adjacent to an activating group) is 1. The number of benzene rings is 1. The van der Waals surface area contributed by atoms with Crippen LogP contribution in [0.1, 0.15) is 12.8 Å². The highest BCUT2D eigenvalue weighted by atomic mass is 16.2. The largest absolute Gasteiger partial charge is 0.357 e. The molecule has 1 fully saturated rings. The molecule has 1 aliphatic rings. The van der Waals surface area contributed by atoms with E-state index in [0.29, 0.717) is 25.9 Å². The van der Waals surface area contributed by atoms with Crippen LogP contribution in [-0.4, -0.2) is 51.9 Å². The number of aromatic nitrogens is 2. The van der Waals surface area contributed by atoms with Gasteiger partial charge in [-0.25, -0.2) is 4.98 Å². The molecule has 7 heteroatoms. The minimum atomic E-state index is -0.456. The number of hydrogen-bond donors (Lipinski definition) is 2. The number of likely N-dealkylation sites (tertiary alicyclic amines) is 1. The molecule has 122 valence electrons. The van der Waals surface area contributed by atoms with Gasteiger partial charge in [-0.3, -0.25) is 9.59 Å². The molecule has 0 unspecified atom stereocenters. The van der Waals surface area contributed by atoms with Gasteiger partial charge in [-0.1, -0.05) is 12.1 Å². The second-order valence-electron chi connectivity index (χ2n) is 5.85. The summed E-state index contributed by atoms with van der Waals surface area (Å²) in [5.74, 6) is -0.205. The van der Waals surface area contributed by atoms with Crippen LogP contribution in [0.15, 0.2) is 30.6 Å². The average Bonchev–Trinajstić information content (AvgIpc) is 3.15. The van der Waals surface area contributed by atoms with Crippen LogP contribution >= 0.6 is 0 Å². The van der Waals surface area contributed by atoms with E-state index in [-0.39, 0.29) is 17.9 Å². The summed E-state index contributed by atoms with van der Waals surface area (Å²) in [7, 11) is 1.58. The Hall–Kier alpha value is -2.41. The van der Waals surface area contributed by atoms with Gasteiger partial charge in [-0.15, -0.1) is 0 Å². The number of fused-ring (bicyclic) bond motifs is 1. The quantitative estimate of drug-likeness (QED) is 0.837. The first-order chi connectivity index (χ1) is 11.1. The van der Waals surface area contributed by atoms with E-state index in [1.165, 1.54) is 0 Å². The molecular formula is C16H21N5O2. The number of para-hydroxylation sites is 2. The molecule has 0 aliphatic carbocycles. The Labute approximate surface area is 134 Å². The fourth-order valence-corrected chi connectivity index (χ4v) is 3.11. The minimum absolute atomic E-state index is 0.0515. The monoisotopic (exact) mass is 315 g/mol. The first-order valence-corrected chi connectivity index (χ1v) is 7.76. The van der Waals surface area contributed by atoms with Crippen LogP contribution in [-0.2, 0) is 16.1 Å². The van der Waals surface area contributed by atoms with Crippen molar-refractivity contribution in [2.24, 2.45) is 5.73 Å². The van der Waals surface area contributed by atoms with Gasteiger partial charge in [0.1, 0.15) is 6.04 Å². The number of aryl methyl sites for hydroxylation is 1. The zero-order valence-electron chi connectivity index (χ0n) is 13.1. The molecule has 1 saturated heterocycles. The average molecular weight is 315 g/mol. The Kier molecular flexibility index (Phi) is 4.29. The van der Waals surface area contributed by atoms with E-state index in [2.05, 4.69) is 10.3 Å². The van der Waals surface area contributed by atoms with Crippen LogP contribution in [0.2, 0.25) is 0 Å². The summed E-state index contributed by atoms with van der Waals surface area (Å²) >= 11 is 0. The Morgan fingerprint density at radius 3 is 2.96 bits per heavy atom. The maximum absolute atomic E-state index is 12.5. The number of carbonyl (C=O) groups is 2. The van der Waals surface area contributed by atoms with Crippen LogP contribution < -0.4 is 11.1 Å². The summed E-state index contributed by atoms with van der Waals surface area (Å²) < 4.78 is 1.96. The van der Waals surface area contributed by atoms with Gasteiger partial charge >= 0.3 is 0 Å². The normalized spacial score (nSPS) is 20.9. The van der Waals surface area contributed by atoms with Gasteiger partial charge < -0.3 is 20.5 Å². The predicted molar refractivity (Wildman–Crippen MR) is 86.5 cm³/mol. The second kappa shape index (κ2) is 6.37. The van der Waals surface area contributed by atoms with Gasteiger partial charge in [0, 0.05) is 32.6 Å². The third kappa shape index (κ3) is 3.05. The maximum atomic E-state index is 12.5. The number of nitrogens with one attached hydrogen (secondary N) is 1. The lowest BCUT2D eigenvalue weighted by molar-refractivity contribution is -0.138. The second-order valence-corrected chi connectivity index (χ2v) is 5.85. The van der Waals surface area contributed by atoms with Crippen molar-refractivity contribution in [3.8, 4) is 0 Å². The number of rotatable bonds is 4. The smallest absolute Gasteiger partial charge is 0.242 e. The van der Waals surface area contributed by atoms with Gasteiger partial charge in [0.05, 0.1) is 17.4 Å². The molecule has 2 atom stereocenters. The number of imidazole rings is 1.